The number of hydrogen-bond donors (Lipinski definition) is 0. The first kappa shape index (κ1) is 26.9. The Labute approximate surface area is 209 Å². The normalized spacial score (nSPS) is 10.6. The maximum Gasteiger partial charge on any atom is 0.232 e. The number of halogens is 5. The molecule has 2 heterocycles. The number of carbonyl (C=O) groups excluding carboxylic acids is 1. The predicted molar refractivity (Wildman–Crippen MR) is 130 cm³/mol. The van der Waals surface area contributed by atoms with Crippen molar-refractivity contribution >= 4 is 23.1 Å². The van der Waals surface area contributed by atoms with Crippen molar-refractivity contribution in [1.82, 2.24) is 9.97 Å². The van der Waals surface area contributed by atoms with Crippen LogP contribution in [0.3, 0.4) is 0 Å². The minimum absolute atomic E-state index is 0.124. The van der Waals surface area contributed by atoms with Gasteiger partial charge in [0.05, 0.1) is 23.2 Å². The van der Waals surface area contributed by atoms with Crippen LogP contribution in [0, 0.1) is 36.0 Å². The van der Waals surface area contributed by atoms with Crippen molar-refractivity contribution in [3.05, 3.63) is 88.2 Å². The van der Waals surface area contributed by atoms with Gasteiger partial charge < -0.3 is 0 Å². The maximum absolute atomic E-state index is 14.3. The summed E-state index contributed by atoms with van der Waals surface area (Å²) in [5, 5.41) is 1.80. The second-order valence-corrected chi connectivity index (χ2v) is 8.35. The van der Waals surface area contributed by atoms with Crippen LogP contribution < -0.4 is 4.90 Å². The maximum atomic E-state index is 14.3. The molecular weight excluding hydrogens is 497 g/mol. The van der Waals surface area contributed by atoms with Gasteiger partial charge in [0.25, 0.3) is 0 Å². The SMILES string of the molecule is CC.Cc1c(F)c(F)c(F)c(F)c1CC(=O)N(C)c1ncc(-c2ccc(F)cc2)nc1-c1cccs1. The number of thiophene rings is 1. The van der Waals surface area contributed by atoms with Gasteiger partial charge in [-0.25, -0.2) is 31.9 Å². The average molecular weight is 520 g/mol. The highest BCUT2D eigenvalue weighted by molar-refractivity contribution is 7.13. The lowest BCUT2D eigenvalue weighted by Gasteiger charge is -2.20. The first-order valence-corrected chi connectivity index (χ1v) is 11.8. The molecule has 0 aliphatic rings. The molecule has 0 aliphatic heterocycles. The molecule has 0 spiro atoms. The molecule has 0 fully saturated rings. The molecule has 0 saturated heterocycles. The fourth-order valence-corrected chi connectivity index (χ4v) is 4.06. The molecule has 4 aromatic rings. The summed E-state index contributed by atoms with van der Waals surface area (Å²) >= 11 is 1.34. The third-order valence-electron chi connectivity index (χ3n) is 5.29. The average Bonchev–Trinajstić information content (AvgIpc) is 3.44. The number of nitrogens with zero attached hydrogens (tertiary/aromatic N) is 3. The Kier molecular flexibility index (Phi) is 8.52. The lowest BCUT2D eigenvalue weighted by molar-refractivity contribution is -0.117. The predicted octanol–water partition coefficient (Wildman–Crippen LogP) is 7.11. The molecule has 1 amide bonds. The van der Waals surface area contributed by atoms with E-state index in [1.807, 2.05) is 13.8 Å². The number of rotatable bonds is 5. The van der Waals surface area contributed by atoms with Gasteiger partial charge in [-0.05, 0) is 48.2 Å². The van der Waals surface area contributed by atoms with E-state index < -0.39 is 52.5 Å². The van der Waals surface area contributed by atoms with Crippen molar-refractivity contribution in [3.63, 3.8) is 0 Å². The summed E-state index contributed by atoms with van der Waals surface area (Å²) in [5.41, 5.74) is 0.289. The van der Waals surface area contributed by atoms with E-state index in [0.717, 1.165) is 11.8 Å². The van der Waals surface area contributed by atoms with E-state index >= 15 is 0 Å². The third kappa shape index (κ3) is 5.28. The van der Waals surface area contributed by atoms with Crippen molar-refractivity contribution < 1.29 is 26.7 Å². The molecule has 0 unspecified atom stereocenters. The topological polar surface area (TPSA) is 46.1 Å². The van der Waals surface area contributed by atoms with E-state index in [4.69, 9.17) is 0 Å². The van der Waals surface area contributed by atoms with Gasteiger partial charge in [0.15, 0.2) is 29.1 Å². The fourth-order valence-electron chi connectivity index (χ4n) is 3.35. The summed E-state index contributed by atoms with van der Waals surface area (Å²) < 4.78 is 68.7. The number of likely N-dealkylation sites (N-methyl/N-ethyl adjacent to an activating group) is 1. The molecule has 0 radical (unpaired) electrons. The fraction of sp³-hybridized carbons (Fsp3) is 0.192. The summed E-state index contributed by atoms with van der Waals surface area (Å²) in [5.74, 6) is -8.10. The van der Waals surface area contributed by atoms with E-state index in [9.17, 15) is 26.7 Å². The largest absolute Gasteiger partial charge is 0.298 e. The Morgan fingerprint density at radius 1 is 0.944 bits per heavy atom. The van der Waals surface area contributed by atoms with E-state index in [1.165, 1.54) is 48.8 Å². The molecule has 0 atom stereocenters. The summed E-state index contributed by atoms with van der Waals surface area (Å²) in [6.07, 6.45) is 0.667. The monoisotopic (exact) mass is 519 g/mol. The van der Waals surface area contributed by atoms with Gasteiger partial charge in [0.1, 0.15) is 11.5 Å². The number of carbonyl (C=O) groups is 1. The van der Waals surface area contributed by atoms with Gasteiger partial charge in [0.2, 0.25) is 5.91 Å². The molecule has 188 valence electrons. The second-order valence-electron chi connectivity index (χ2n) is 7.40. The molecule has 2 aromatic heterocycles. The highest BCUT2D eigenvalue weighted by atomic mass is 32.1. The van der Waals surface area contributed by atoms with Crippen molar-refractivity contribution in [1.29, 1.82) is 0 Å². The number of aromatic nitrogens is 2. The molecular formula is C26H22F5N3OS. The van der Waals surface area contributed by atoms with Gasteiger partial charge >= 0.3 is 0 Å². The Hall–Kier alpha value is -3.66. The van der Waals surface area contributed by atoms with Crippen LogP contribution in [0.5, 0.6) is 0 Å². The Morgan fingerprint density at radius 2 is 1.58 bits per heavy atom. The van der Waals surface area contributed by atoms with Crippen LogP contribution in [-0.4, -0.2) is 22.9 Å². The van der Waals surface area contributed by atoms with Gasteiger partial charge in [-0.15, -0.1) is 11.3 Å². The van der Waals surface area contributed by atoms with Crippen molar-refractivity contribution in [2.24, 2.45) is 0 Å². The van der Waals surface area contributed by atoms with Crippen LogP contribution in [0.15, 0.2) is 48.0 Å². The van der Waals surface area contributed by atoms with E-state index in [1.54, 1.807) is 17.5 Å². The lowest BCUT2D eigenvalue weighted by Crippen LogP contribution is -2.30. The molecule has 2 aromatic carbocycles. The van der Waals surface area contributed by atoms with Gasteiger partial charge in [-0.3, -0.25) is 9.69 Å². The van der Waals surface area contributed by atoms with E-state index in [0.29, 0.717) is 21.8 Å². The number of anilines is 1. The highest BCUT2D eigenvalue weighted by Crippen LogP contribution is 2.33. The van der Waals surface area contributed by atoms with Gasteiger partial charge in [-0.2, -0.15) is 0 Å². The lowest BCUT2D eigenvalue weighted by atomic mass is 10.0. The first-order chi connectivity index (χ1) is 17.2. The molecule has 4 nitrogen and oxygen atoms in total. The second kappa shape index (κ2) is 11.4. The van der Waals surface area contributed by atoms with Crippen LogP contribution >= 0.6 is 11.3 Å². The molecule has 0 aliphatic carbocycles. The molecule has 0 bridgehead atoms. The van der Waals surface area contributed by atoms with Crippen molar-refractivity contribution in [2.45, 2.75) is 27.2 Å². The summed E-state index contributed by atoms with van der Waals surface area (Å²) in [6, 6.07) is 9.18. The summed E-state index contributed by atoms with van der Waals surface area (Å²) in [7, 11) is 1.37. The van der Waals surface area contributed by atoms with Crippen molar-refractivity contribution in [3.8, 4) is 21.8 Å². The number of hydrogen-bond acceptors (Lipinski definition) is 4. The van der Waals surface area contributed by atoms with Crippen LogP contribution in [0.4, 0.5) is 27.8 Å². The Bertz CT molecular complexity index is 1350. The van der Waals surface area contributed by atoms with Crippen LogP contribution in [0.1, 0.15) is 25.0 Å². The zero-order chi connectivity index (χ0) is 26.6. The molecule has 4 rings (SSSR count). The summed E-state index contributed by atoms with van der Waals surface area (Å²) in [4.78, 5) is 23.7. The first-order valence-electron chi connectivity index (χ1n) is 10.9. The minimum atomic E-state index is -1.98. The smallest absolute Gasteiger partial charge is 0.232 e. The van der Waals surface area contributed by atoms with Crippen LogP contribution in [0.2, 0.25) is 0 Å². The van der Waals surface area contributed by atoms with Gasteiger partial charge in [-0.1, -0.05) is 19.9 Å². The van der Waals surface area contributed by atoms with Gasteiger partial charge in [0, 0.05) is 18.2 Å². The minimum Gasteiger partial charge on any atom is -0.298 e. The Morgan fingerprint density at radius 3 is 2.19 bits per heavy atom. The van der Waals surface area contributed by atoms with E-state index in [-0.39, 0.29) is 5.82 Å². The molecule has 0 N–H and O–H groups in total. The molecule has 0 saturated carbocycles. The summed E-state index contributed by atoms with van der Waals surface area (Å²) in [6.45, 7) is 5.07. The van der Waals surface area contributed by atoms with Crippen LogP contribution in [-0.2, 0) is 11.2 Å². The zero-order valence-corrected chi connectivity index (χ0v) is 20.7. The van der Waals surface area contributed by atoms with E-state index in [2.05, 4.69) is 9.97 Å². The Balaban J connectivity index is 0.00000176. The third-order valence-corrected chi connectivity index (χ3v) is 6.17. The quantitative estimate of drug-likeness (QED) is 0.160. The highest BCUT2D eigenvalue weighted by Gasteiger charge is 2.27. The number of amides is 1. The van der Waals surface area contributed by atoms with Crippen LogP contribution in [0.25, 0.3) is 21.8 Å². The standard InChI is InChI=1S/C24H16F5N3OS.C2H6/c1-12-15(20(27)22(29)21(28)19(12)26)10-18(33)32(2)24-23(17-4-3-9-34-17)31-16(11-30-24)13-5-7-14(25)8-6-13;1-2/h3-9,11H,10H2,1-2H3;1-2H3. The molecule has 36 heavy (non-hydrogen) atoms. The zero-order valence-electron chi connectivity index (χ0n) is 19.9. The number of benzene rings is 2. The van der Waals surface area contributed by atoms with Crippen molar-refractivity contribution in [2.75, 3.05) is 11.9 Å². The molecule has 10 heteroatoms.